The molecular formula is C29H24ClN3O8S. The fourth-order valence-corrected chi connectivity index (χ4v) is 5.87. The summed E-state index contributed by atoms with van der Waals surface area (Å²) >= 11 is 7.50. The molecule has 42 heavy (non-hydrogen) atoms. The summed E-state index contributed by atoms with van der Waals surface area (Å²) in [5.74, 6) is 0.848. The minimum atomic E-state index is -1.01. The molecule has 0 amide bonds. The normalized spacial score (nSPS) is 14.8. The van der Waals surface area contributed by atoms with E-state index in [4.69, 9.17) is 30.2 Å². The number of nitro groups is 1. The van der Waals surface area contributed by atoms with Crippen LogP contribution < -0.4 is 24.4 Å². The van der Waals surface area contributed by atoms with Gasteiger partial charge in [-0.3, -0.25) is 19.5 Å². The van der Waals surface area contributed by atoms with Gasteiger partial charge in [-0.1, -0.05) is 29.0 Å². The lowest BCUT2D eigenvalue weighted by molar-refractivity contribution is -0.384. The van der Waals surface area contributed by atoms with Crippen LogP contribution in [-0.4, -0.2) is 36.3 Å². The molecule has 0 radical (unpaired) electrons. The molecule has 5 rings (SSSR count). The number of halogens is 1. The van der Waals surface area contributed by atoms with Crippen LogP contribution in [0.5, 0.6) is 11.5 Å². The van der Waals surface area contributed by atoms with Crippen molar-refractivity contribution in [3.63, 3.8) is 0 Å². The van der Waals surface area contributed by atoms with Gasteiger partial charge in [-0.05, 0) is 55.8 Å². The Labute approximate surface area is 247 Å². The molecule has 0 saturated heterocycles. The Kier molecular flexibility index (Phi) is 8.01. The van der Waals surface area contributed by atoms with Crippen molar-refractivity contribution in [1.82, 2.24) is 4.57 Å². The van der Waals surface area contributed by atoms with E-state index in [0.29, 0.717) is 32.1 Å². The molecule has 2 aromatic heterocycles. The second-order valence-corrected chi connectivity index (χ2v) is 10.5. The van der Waals surface area contributed by atoms with Crippen molar-refractivity contribution in [3.05, 3.63) is 106 Å². The highest BCUT2D eigenvalue weighted by molar-refractivity contribution is 7.07. The molecule has 0 aliphatic carbocycles. The first-order chi connectivity index (χ1) is 20.2. The topological polar surface area (TPSA) is 135 Å². The maximum Gasteiger partial charge on any atom is 0.338 e. The predicted octanol–water partition coefficient (Wildman–Crippen LogP) is 4.64. The van der Waals surface area contributed by atoms with Crippen molar-refractivity contribution in [2.24, 2.45) is 4.99 Å². The number of ether oxygens (including phenoxy) is 3. The molecule has 0 spiro atoms. The molecule has 1 atom stereocenters. The highest BCUT2D eigenvalue weighted by Crippen LogP contribution is 2.37. The maximum atomic E-state index is 13.9. The van der Waals surface area contributed by atoms with Crippen LogP contribution in [0.4, 0.5) is 5.69 Å². The fourth-order valence-electron chi connectivity index (χ4n) is 4.61. The summed E-state index contributed by atoms with van der Waals surface area (Å²) in [6.07, 6.45) is 1.70. The van der Waals surface area contributed by atoms with Gasteiger partial charge >= 0.3 is 5.97 Å². The average Bonchev–Trinajstić information content (AvgIpc) is 3.57. The number of esters is 1. The zero-order valence-corrected chi connectivity index (χ0v) is 24.4. The number of nitrogens with zero attached hydrogens (tertiary/aromatic N) is 3. The van der Waals surface area contributed by atoms with Crippen molar-refractivity contribution in [2.75, 3.05) is 20.8 Å². The second kappa shape index (κ2) is 11.7. The van der Waals surface area contributed by atoms with Gasteiger partial charge in [-0.25, -0.2) is 9.79 Å². The lowest BCUT2D eigenvalue weighted by atomic mass is 10.0. The SMILES string of the molecule is CCOC(=O)C1=C(C)N=c2s/c(=C\c3ccc(OC)c(OC)c3)c(=O)n2[C@H]1c1ccc(-c2cc([N+](=O)[O-])ccc2Cl)o1. The van der Waals surface area contributed by atoms with Gasteiger partial charge < -0.3 is 18.6 Å². The van der Waals surface area contributed by atoms with Crippen molar-refractivity contribution in [3.8, 4) is 22.8 Å². The summed E-state index contributed by atoms with van der Waals surface area (Å²) in [7, 11) is 3.06. The maximum absolute atomic E-state index is 13.9. The van der Waals surface area contributed by atoms with Crippen LogP contribution in [0.25, 0.3) is 17.4 Å². The summed E-state index contributed by atoms with van der Waals surface area (Å²) in [4.78, 5) is 42.8. The van der Waals surface area contributed by atoms with Gasteiger partial charge in [0.05, 0.1) is 46.6 Å². The lowest BCUT2D eigenvalue weighted by Gasteiger charge is -2.22. The Balaban J connectivity index is 1.68. The molecular weight excluding hydrogens is 586 g/mol. The highest BCUT2D eigenvalue weighted by atomic mass is 35.5. The molecule has 216 valence electrons. The standard InChI is InChI=1S/C29H24ClN3O8S/c1-5-40-28(35)25-15(2)31-29-32(27(34)24(42-29)13-16-6-9-21(38-3)23(12-16)39-4)26(25)22-11-10-20(41-22)18-14-17(33(36)37)7-8-19(18)30/h6-14,26H,5H2,1-4H3/b24-13-/t26-/m0/s1. The number of methoxy groups -OCH3 is 2. The number of aromatic nitrogens is 1. The van der Waals surface area contributed by atoms with Crippen molar-refractivity contribution in [2.45, 2.75) is 19.9 Å². The second-order valence-electron chi connectivity index (χ2n) is 9.04. The number of hydrogen-bond acceptors (Lipinski definition) is 10. The smallest absolute Gasteiger partial charge is 0.338 e. The highest BCUT2D eigenvalue weighted by Gasteiger charge is 2.35. The van der Waals surface area contributed by atoms with Gasteiger partial charge in [0.2, 0.25) is 0 Å². The van der Waals surface area contributed by atoms with E-state index < -0.39 is 22.5 Å². The van der Waals surface area contributed by atoms with Crippen LogP contribution in [0, 0.1) is 10.1 Å². The van der Waals surface area contributed by atoms with Crippen molar-refractivity contribution in [1.29, 1.82) is 0 Å². The number of non-ortho nitro benzene ring substituents is 1. The minimum Gasteiger partial charge on any atom is -0.493 e. The predicted molar refractivity (Wildman–Crippen MR) is 156 cm³/mol. The fraction of sp³-hybridized carbons (Fsp3) is 0.207. The molecule has 4 aromatic rings. The first-order valence-corrected chi connectivity index (χ1v) is 13.8. The number of thiazole rings is 1. The van der Waals surface area contributed by atoms with Crippen molar-refractivity contribution >= 4 is 40.7 Å². The molecule has 0 fully saturated rings. The van der Waals surface area contributed by atoms with Gasteiger partial charge in [0.25, 0.3) is 11.2 Å². The molecule has 3 heterocycles. The molecule has 1 aliphatic heterocycles. The molecule has 0 N–H and O–H groups in total. The summed E-state index contributed by atoms with van der Waals surface area (Å²) in [5.41, 5.74) is 0.905. The molecule has 0 saturated carbocycles. The number of furan rings is 1. The molecule has 13 heteroatoms. The summed E-state index contributed by atoms with van der Waals surface area (Å²) < 4.78 is 23.9. The average molecular weight is 610 g/mol. The van der Waals surface area contributed by atoms with Gasteiger partial charge in [0.1, 0.15) is 17.6 Å². The van der Waals surface area contributed by atoms with Crippen LogP contribution in [-0.2, 0) is 9.53 Å². The number of carbonyl (C=O) groups excluding carboxylic acids is 1. The Bertz CT molecular complexity index is 1940. The van der Waals surface area contributed by atoms with Gasteiger partial charge in [0, 0.05) is 17.7 Å². The first kappa shape index (κ1) is 28.8. The van der Waals surface area contributed by atoms with E-state index in [2.05, 4.69) is 4.99 Å². The zero-order chi connectivity index (χ0) is 30.1. The van der Waals surface area contributed by atoms with E-state index in [1.165, 1.54) is 37.0 Å². The molecule has 2 aromatic carbocycles. The number of hydrogen-bond donors (Lipinski definition) is 0. The molecule has 0 unspecified atom stereocenters. The van der Waals surface area contributed by atoms with E-state index in [1.807, 2.05) is 0 Å². The van der Waals surface area contributed by atoms with Crippen LogP contribution in [0.2, 0.25) is 5.02 Å². The van der Waals surface area contributed by atoms with Gasteiger partial charge in [-0.15, -0.1) is 0 Å². The minimum absolute atomic E-state index is 0.110. The Morgan fingerprint density at radius 1 is 1.17 bits per heavy atom. The Morgan fingerprint density at radius 3 is 2.62 bits per heavy atom. The van der Waals surface area contributed by atoms with Crippen molar-refractivity contribution < 1.29 is 28.3 Å². The first-order valence-electron chi connectivity index (χ1n) is 12.6. The summed E-state index contributed by atoms with van der Waals surface area (Å²) in [5, 5.41) is 11.6. The lowest BCUT2D eigenvalue weighted by Crippen LogP contribution is -2.39. The quantitative estimate of drug-likeness (QED) is 0.160. The zero-order valence-electron chi connectivity index (χ0n) is 22.9. The van der Waals surface area contributed by atoms with E-state index in [0.717, 1.165) is 11.3 Å². The Hall–Kier alpha value is -4.68. The number of allylic oxidation sites excluding steroid dienone is 1. The number of benzene rings is 2. The summed E-state index contributed by atoms with van der Waals surface area (Å²) in [6, 6.07) is 11.4. The number of fused-ring (bicyclic) bond motifs is 1. The number of nitro benzene ring substituents is 1. The van der Waals surface area contributed by atoms with E-state index in [9.17, 15) is 19.7 Å². The van der Waals surface area contributed by atoms with Crippen LogP contribution in [0.15, 0.2) is 74.0 Å². The largest absolute Gasteiger partial charge is 0.493 e. The summed E-state index contributed by atoms with van der Waals surface area (Å²) in [6.45, 7) is 3.45. The monoisotopic (exact) mass is 609 g/mol. The molecule has 1 aliphatic rings. The molecule has 0 bridgehead atoms. The Morgan fingerprint density at radius 2 is 1.93 bits per heavy atom. The van der Waals surface area contributed by atoms with E-state index in [-0.39, 0.29) is 40.0 Å². The van der Waals surface area contributed by atoms with Crippen LogP contribution >= 0.6 is 22.9 Å². The number of carbonyl (C=O) groups is 1. The van der Waals surface area contributed by atoms with Crippen LogP contribution in [0.3, 0.4) is 0 Å². The number of rotatable bonds is 8. The van der Waals surface area contributed by atoms with Gasteiger partial charge in [-0.2, -0.15) is 0 Å². The van der Waals surface area contributed by atoms with E-state index in [1.54, 1.807) is 50.3 Å². The third kappa shape index (κ3) is 5.21. The van der Waals surface area contributed by atoms with Gasteiger partial charge in [0.15, 0.2) is 16.3 Å². The third-order valence-corrected chi connectivity index (χ3v) is 7.86. The third-order valence-electron chi connectivity index (χ3n) is 6.54. The van der Waals surface area contributed by atoms with Crippen LogP contribution in [0.1, 0.15) is 31.2 Å². The molecule has 11 nitrogen and oxygen atoms in total. The van der Waals surface area contributed by atoms with E-state index >= 15 is 0 Å².